The van der Waals surface area contributed by atoms with Crippen molar-refractivity contribution in [1.29, 1.82) is 0 Å². The van der Waals surface area contributed by atoms with Crippen LogP contribution in [0.2, 0.25) is 0 Å². The quantitative estimate of drug-likeness (QED) is 0.597. The van der Waals surface area contributed by atoms with Crippen LogP contribution in [0.15, 0.2) is 0 Å². The molecule has 2 atom stereocenters. The summed E-state index contributed by atoms with van der Waals surface area (Å²) in [5.74, 6) is 0. The van der Waals surface area contributed by atoms with Gasteiger partial charge in [0.1, 0.15) is 0 Å². The van der Waals surface area contributed by atoms with E-state index in [-0.39, 0.29) is 10.8 Å². The highest BCUT2D eigenvalue weighted by atomic mass is 35.5. The lowest BCUT2D eigenvalue weighted by Gasteiger charge is -2.09. The zero-order valence-electron chi connectivity index (χ0n) is 7.15. The fourth-order valence-electron chi connectivity index (χ4n) is 0.559. The van der Waals surface area contributed by atoms with Crippen molar-refractivity contribution in [2.45, 2.75) is 37.4 Å². The van der Waals surface area contributed by atoms with Gasteiger partial charge in [-0.3, -0.25) is 0 Å². The number of ether oxygens (including phenoxy) is 1. The van der Waals surface area contributed by atoms with Crippen molar-refractivity contribution in [3.63, 3.8) is 0 Å². The highest BCUT2D eigenvalue weighted by Crippen LogP contribution is 2.05. The van der Waals surface area contributed by atoms with Crippen LogP contribution in [-0.4, -0.2) is 24.0 Å². The Kier molecular flexibility index (Phi) is 7.56. The number of hydrogen-bond acceptors (Lipinski definition) is 1. The summed E-state index contributed by atoms with van der Waals surface area (Å²) in [4.78, 5) is 0. The molecule has 1 nitrogen and oxygen atoms in total. The summed E-state index contributed by atoms with van der Waals surface area (Å²) in [5.41, 5.74) is 0. The monoisotopic (exact) mass is 198 g/mol. The zero-order valence-corrected chi connectivity index (χ0v) is 8.66. The zero-order chi connectivity index (χ0) is 8.69. The summed E-state index contributed by atoms with van der Waals surface area (Å²) >= 11 is 11.6. The molecular weight excluding hydrogens is 183 g/mol. The lowest BCUT2D eigenvalue weighted by Crippen LogP contribution is -2.14. The van der Waals surface area contributed by atoms with E-state index in [1.165, 1.54) is 0 Å². The molecule has 0 aromatic heterocycles. The molecule has 68 valence electrons. The van der Waals surface area contributed by atoms with Gasteiger partial charge in [0.15, 0.2) is 0 Å². The van der Waals surface area contributed by atoms with Crippen LogP contribution in [0.1, 0.15) is 26.7 Å². The van der Waals surface area contributed by atoms with E-state index >= 15 is 0 Å². The molecule has 11 heavy (non-hydrogen) atoms. The number of hydrogen-bond donors (Lipinski definition) is 0. The molecule has 0 aromatic rings. The molecule has 0 heterocycles. The molecule has 0 fully saturated rings. The summed E-state index contributed by atoms with van der Waals surface area (Å²) < 4.78 is 5.28. The predicted octanol–water partition coefficient (Wildman–Crippen LogP) is 3.04. The van der Waals surface area contributed by atoms with Crippen molar-refractivity contribution in [3.05, 3.63) is 0 Å². The van der Waals surface area contributed by atoms with E-state index in [2.05, 4.69) is 0 Å². The van der Waals surface area contributed by atoms with Crippen molar-refractivity contribution in [2.24, 2.45) is 0 Å². The van der Waals surface area contributed by atoms with Crippen LogP contribution in [0.25, 0.3) is 0 Å². The third kappa shape index (κ3) is 6.92. The van der Waals surface area contributed by atoms with Gasteiger partial charge in [-0.1, -0.05) is 13.8 Å². The van der Waals surface area contributed by atoms with E-state index in [0.717, 1.165) is 12.8 Å². The maximum Gasteiger partial charge on any atom is 0.0630 e. The van der Waals surface area contributed by atoms with E-state index in [4.69, 9.17) is 27.9 Å². The van der Waals surface area contributed by atoms with Gasteiger partial charge in [0.2, 0.25) is 0 Å². The van der Waals surface area contributed by atoms with Gasteiger partial charge in [0.25, 0.3) is 0 Å². The number of rotatable bonds is 6. The lowest BCUT2D eigenvalue weighted by molar-refractivity contribution is 0.132. The molecule has 3 heteroatoms. The Bertz CT molecular complexity index is 78.2. The molecule has 0 saturated carbocycles. The van der Waals surface area contributed by atoms with Gasteiger partial charge >= 0.3 is 0 Å². The summed E-state index contributed by atoms with van der Waals surface area (Å²) in [7, 11) is 0. The molecule has 0 aliphatic carbocycles. The average molecular weight is 199 g/mol. The molecule has 0 radical (unpaired) electrons. The van der Waals surface area contributed by atoms with Crippen molar-refractivity contribution >= 4 is 23.2 Å². The molecule has 0 bridgehead atoms. The molecule has 2 unspecified atom stereocenters. The molecule has 0 spiro atoms. The SMILES string of the molecule is CCC(Cl)COCC(Cl)CC. The topological polar surface area (TPSA) is 9.23 Å². The van der Waals surface area contributed by atoms with Gasteiger partial charge in [-0.25, -0.2) is 0 Å². The van der Waals surface area contributed by atoms with Gasteiger partial charge in [0.05, 0.1) is 24.0 Å². The Morgan fingerprint density at radius 2 is 1.36 bits per heavy atom. The van der Waals surface area contributed by atoms with Crippen molar-refractivity contribution in [1.82, 2.24) is 0 Å². The Hall–Kier alpha value is 0.540. The molecule has 0 saturated heterocycles. The van der Waals surface area contributed by atoms with Gasteiger partial charge in [0, 0.05) is 0 Å². The Morgan fingerprint density at radius 1 is 1.00 bits per heavy atom. The lowest BCUT2D eigenvalue weighted by atomic mass is 10.3. The van der Waals surface area contributed by atoms with Crippen LogP contribution in [0.5, 0.6) is 0 Å². The Balaban J connectivity index is 3.13. The first-order valence-corrected chi connectivity index (χ1v) is 4.93. The third-order valence-electron chi connectivity index (χ3n) is 1.48. The van der Waals surface area contributed by atoms with Crippen LogP contribution in [-0.2, 0) is 4.74 Å². The van der Waals surface area contributed by atoms with Gasteiger partial charge in [-0.2, -0.15) is 0 Å². The van der Waals surface area contributed by atoms with E-state index < -0.39 is 0 Å². The van der Waals surface area contributed by atoms with E-state index in [1.54, 1.807) is 0 Å². The summed E-state index contributed by atoms with van der Waals surface area (Å²) in [6.45, 7) is 5.31. The molecule has 0 aromatic carbocycles. The van der Waals surface area contributed by atoms with Gasteiger partial charge in [-0.15, -0.1) is 23.2 Å². The minimum atomic E-state index is 0.135. The van der Waals surface area contributed by atoms with Crippen LogP contribution in [0, 0.1) is 0 Å². The molecule has 0 aliphatic rings. The number of halogens is 2. The fraction of sp³-hybridized carbons (Fsp3) is 1.00. The van der Waals surface area contributed by atoms with E-state index in [1.807, 2.05) is 13.8 Å². The normalized spacial score (nSPS) is 16.4. The fourth-order valence-corrected chi connectivity index (χ4v) is 0.738. The highest BCUT2D eigenvalue weighted by Gasteiger charge is 2.04. The molecule has 0 N–H and O–H groups in total. The largest absolute Gasteiger partial charge is 0.378 e. The summed E-state index contributed by atoms with van der Waals surface area (Å²) in [6.07, 6.45) is 1.89. The second-order valence-electron chi connectivity index (χ2n) is 2.55. The molecule has 0 rings (SSSR count). The van der Waals surface area contributed by atoms with E-state index in [0.29, 0.717) is 13.2 Å². The van der Waals surface area contributed by atoms with Gasteiger partial charge < -0.3 is 4.74 Å². The van der Waals surface area contributed by atoms with Crippen LogP contribution >= 0.6 is 23.2 Å². The third-order valence-corrected chi connectivity index (χ3v) is 2.35. The first-order valence-electron chi connectivity index (χ1n) is 4.06. The number of alkyl halides is 2. The maximum atomic E-state index is 5.82. The van der Waals surface area contributed by atoms with Crippen molar-refractivity contribution in [2.75, 3.05) is 13.2 Å². The van der Waals surface area contributed by atoms with Crippen molar-refractivity contribution < 1.29 is 4.74 Å². The molecular formula is C8H16Cl2O. The smallest absolute Gasteiger partial charge is 0.0630 e. The maximum absolute atomic E-state index is 5.82. The van der Waals surface area contributed by atoms with E-state index in [9.17, 15) is 0 Å². The summed E-state index contributed by atoms with van der Waals surface area (Å²) in [6, 6.07) is 0. The standard InChI is InChI=1S/C8H16Cl2O/c1-3-7(9)5-11-6-8(10)4-2/h7-8H,3-6H2,1-2H3. The summed E-state index contributed by atoms with van der Waals surface area (Å²) in [5, 5.41) is 0.270. The predicted molar refractivity (Wildman–Crippen MR) is 50.7 cm³/mol. The molecule has 0 aliphatic heterocycles. The van der Waals surface area contributed by atoms with Crippen LogP contribution in [0.4, 0.5) is 0 Å². The average Bonchev–Trinajstić information content (AvgIpc) is 2.04. The van der Waals surface area contributed by atoms with Crippen LogP contribution < -0.4 is 0 Å². The van der Waals surface area contributed by atoms with Gasteiger partial charge in [-0.05, 0) is 12.8 Å². The van der Waals surface area contributed by atoms with Crippen molar-refractivity contribution in [3.8, 4) is 0 Å². The highest BCUT2D eigenvalue weighted by molar-refractivity contribution is 6.21. The minimum absolute atomic E-state index is 0.135. The second-order valence-corrected chi connectivity index (χ2v) is 3.78. The Labute approximate surface area is 79.0 Å². The Morgan fingerprint density at radius 3 is 1.64 bits per heavy atom. The second kappa shape index (κ2) is 7.20. The first kappa shape index (κ1) is 11.5. The van der Waals surface area contributed by atoms with Crippen LogP contribution in [0.3, 0.4) is 0 Å². The molecule has 0 amide bonds. The first-order chi connectivity index (χ1) is 5.20. The minimum Gasteiger partial charge on any atom is -0.378 e.